The maximum atomic E-state index is 13.6. The van der Waals surface area contributed by atoms with Gasteiger partial charge in [-0.1, -0.05) is 276 Å². The molecule has 0 heterocycles. The van der Waals surface area contributed by atoms with E-state index in [2.05, 4.69) is 160 Å². The van der Waals surface area contributed by atoms with Crippen LogP contribution in [0.4, 0.5) is 0 Å². The molecule has 0 rings (SSSR count). The summed E-state index contributed by atoms with van der Waals surface area (Å²) in [5.74, 6) is -0.566. The van der Waals surface area contributed by atoms with Crippen molar-refractivity contribution in [2.24, 2.45) is 0 Å². The van der Waals surface area contributed by atoms with Crippen LogP contribution in [0.3, 0.4) is 0 Å². The Kier molecular flexibility index (Phi) is 60.8. The summed E-state index contributed by atoms with van der Waals surface area (Å²) in [6.07, 6.45) is 92.9. The van der Waals surface area contributed by atoms with Crippen molar-refractivity contribution in [1.29, 1.82) is 0 Å². The average molecular weight is 1210 g/mol. The highest BCUT2D eigenvalue weighted by atomic mass is 31.2. The SMILES string of the molecule is CC/C=C\C/C=C\C/C=C\C/C=C\C/C=C\C/C=C\CCCCC(=O)NC(COP(=O)(O)OCC[N+](C)(C)C)C(/C=C\CCCCCCCCCCCC)OC(=O)CCCCCCCCCCCCC/C=C\C/C=C\C/C=C\C/C=C\C/C=C\CC. The van der Waals surface area contributed by atoms with Gasteiger partial charge in [0.15, 0.2) is 0 Å². The molecule has 0 aliphatic rings. The summed E-state index contributed by atoms with van der Waals surface area (Å²) in [6.45, 7) is 6.74. The van der Waals surface area contributed by atoms with Crippen LogP contribution >= 0.6 is 7.82 Å². The van der Waals surface area contributed by atoms with Crippen LogP contribution in [0.1, 0.15) is 271 Å². The van der Waals surface area contributed by atoms with Crippen LogP contribution in [0.15, 0.2) is 146 Å². The molecule has 0 aliphatic heterocycles. The van der Waals surface area contributed by atoms with E-state index in [4.69, 9.17) is 13.8 Å². The van der Waals surface area contributed by atoms with Crippen molar-refractivity contribution in [3.05, 3.63) is 146 Å². The van der Waals surface area contributed by atoms with Crippen LogP contribution in [0.5, 0.6) is 0 Å². The van der Waals surface area contributed by atoms with Gasteiger partial charge in [0.2, 0.25) is 5.91 Å². The van der Waals surface area contributed by atoms with Crippen molar-refractivity contribution in [2.45, 2.75) is 283 Å². The molecule has 0 bridgehead atoms. The second-order valence-electron chi connectivity index (χ2n) is 23.9. The van der Waals surface area contributed by atoms with E-state index in [1.165, 1.54) is 96.3 Å². The summed E-state index contributed by atoms with van der Waals surface area (Å²) in [7, 11) is 1.45. The van der Waals surface area contributed by atoms with Crippen LogP contribution in [-0.4, -0.2) is 74.3 Å². The fraction of sp³-hybridized carbons (Fsp3) is 0.658. The second-order valence-corrected chi connectivity index (χ2v) is 25.4. The zero-order valence-corrected chi connectivity index (χ0v) is 56.9. The Morgan fingerprint density at radius 1 is 0.419 bits per heavy atom. The van der Waals surface area contributed by atoms with Gasteiger partial charge in [0.05, 0.1) is 33.8 Å². The van der Waals surface area contributed by atoms with Crippen LogP contribution in [0.2, 0.25) is 0 Å². The van der Waals surface area contributed by atoms with Crippen LogP contribution in [0.25, 0.3) is 0 Å². The Hall–Kier alpha value is -4.11. The van der Waals surface area contributed by atoms with Crippen molar-refractivity contribution < 1.29 is 37.3 Å². The maximum Gasteiger partial charge on any atom is 0.472 e. The van der Waals surface area contributed by atoms with Crippen LogP contribution < -0.4 is 5.32 Å². The normalized spacial score (nSPS) is 14.5. The van der Waals surface area contributed by atoms with E-state index in [0.717, 1.165) is 135 Å². The monoisotopic (exact) mass is 1210 g/mol. The fourth-order valence-corrected chi connectivity index (χ4v) is 10.00. The summed E-state index contributed by atoms with van der Waals surface area (Å²) >= 11 is 0. The number of ether oxygens (including phenoxy) is 1. The standard InChI is InChI=1S/C76H129N2O7P/c1-7-10-13-16-19-22-25-28-30-32-34-36-37-38-39-40-41-43-45-47-49-51-54-57-60-63-66-69-76(80)85-74(67-64-61-58-55-52-27-24-21-18-15-12-9-3)73(72-84-86(81,82)83-71-70-78(4,5)6)77-75(79)68-65-62-59-56-53-50-48-46-44-42-35-33-31-29-26-23-20-17-14-11-8-2/h10-11,13-14,19-20,22-23,28-31,34-36,38-39,42,46,48,53,56,64,67,73-74H,7-9,12,15-18,21,24-27,32-33,37,40-41,43-45,47,49-52,54-55,57-63,65-66,68-72H2,1-6H3,(H-,77,79,81,82)/p+1/b13-10-,14-11-,22-19-,23-20-,30-28-,31-29-,36-34-,39-38-,42-35-,48-46-,56-53-,67-64-. The van der Waals surface area contributed by atoms with Crippen molar-refractivity contribution in [2.75, 3.05) is 40.9 Å². The predicted molar refractivity (Wildman–Crippen MR) is 373 cm³/mol. The summed E-state index contributed by atoms with van der Waals surface area (Å²) in [5.41, 5.74) is 0. The number of amides is 1. The quantitative estimate of drug-likeness (QED) is 0.0205. The number of nitrogens with zero attached hydrogens (tertiary/aromatic N) is 1. The maximum absolute atomic E-state index is 13.6. The molecule has 490 valence electrons. The van der Waals surface area contributed by atoms with E-state index in [0.29, 0.717) is 17.4 Å². The molecule has 3 unspecified atom stereocenters. The molecule has 0 aromatic heterocycles. The van der Waals surface area contributed by atoms with Gasteiger partial charge in [0.1, 0.15) is 19.3 Å². The third kappa shape index (κ3) is 64.4. The van der Waals surface area contributed by atoms with Crippen molar-refractivity contribution in [3.8, 4) is 0 Å². The topological polar surface area (TPSA) is 111 Å². The Morgan fingerprint density at radius 2 is 0.744 bits per heavy atom. The molecule has 10 heteroatoms. The molecule has 0 saturated heterocycles. The minimum Gasteiger partial charge on any atom is -0.456 e. The zero-order chi connectivity index (χ0) is 62.8. The number of nitrogens with one attached hydrogen (secondary N) is 1. The Labute approximate surface area is 529 Å². The van der Waals surface area contributed by atoms with Gasteiger partial charge in [-0.2, -0.15) is 0 Å². The number of allylic oxidation sites excluding steroid dienone is 23. The first-order valence-corrected chi connectivity index (χ1v) is 36.2. The number of phosphoric acid groups is 1. The van der Waals surface area contributed by atoms with E-state index in [1.54, 1.807) is 0 Å². The summed E-state index contributed by atoms with van der Waals surface area (Å²) in [6, 6.07) is -0.884. The smallest absolute Gasteiger partial charge is 0.456 e. The van der Waals surface area contributed by atoms with E-state index in [9.17, 15) is 19.0 Å². The van der Waals surface area contributed by atoms with Gasteiger partial charge in [0.25, 0.3) is 0 Å². The zero-order valence-electron chi connectivity index (χ0n) is 56.0. The molecule has 0 aromatic carbocycles. The minimum absolute atomic E-state index is 0.0235. The van der Waals surface area contributed by atoms with E-state index in [1.807, 2.05) is 33.3 Å². The molecule has 2 N–H and O–H groups in total. The summed E-state index contributed by atoms with van der Waals surface area (Å²) in [5, 5.41) is 3.04. The Bertz CT molecular complexity index is 1980. The van der Waals surface area contributed by atoms with Crippen LogP contribution in [-0.2, 0) is 27.9 Å². The van der Waals surface area contributed by atoms with E-state index in [-0.39, 0.29) is 37.9 Å². The first-order chi connectivity index (χ1) is 41.9. The number of esters is 1. The predicted octanol–water partition coefficient (Wildman–Crippen LogP) is 22.2. The molecule has 1 amide bonds. The number of likely N-dealkylation sites (N-methyl/N-ethyl adjacent to an activating group) is 1. The number of unbranched alkanes of at least 4 members (excludes halogenated alkanes) is 23. The Morgan fingerprint density at radius 3 is 1.13 bits per heavy atom. The third-order valence-corrected chi connectivity index (χ3v) is 15.5. The lowest BCUT2D eigenvalue weighted by molar-refractivity contribution is -0.870. The summed E-state index contributed by atoms with van der Waals surface area (Å²) < 4.78 is 30.8. The summed E-state index contributed by atoms with van der Waals surface area (Å²) in [4.78, 5) is 37.9. The van der Waals surface area contributed by atoms with Gasteiger partial charge in [0, 0.05) is 12.8 Å². The molecule has 0 aliphatic carbocycles. The van der Waals surface area contributed by atoms with Gasteiger partial charge < -0.3 is 19.4 Å². The number of hydrogen-bond acceptors (Lipinski definition) is 6. The average Bonchev–Trinajstić information content (AvgIpc) is 3.66. The number of phosphoric ester groups is 1. The lowest BCUT2D eigenvalue weighted by Gasteiger charge is -2.27. The molecule has 86 heavy (non-hydrogen) atoms. The largest absolute Gasteiger partial charge is 0.472 e. The number of hydrogen-bond donors (Lipinski definition) is 2. The molecule has 0 saturated carbocycles. The van der Waals surface area contributed by atoms with Gasteiger partial charge in [-0.15, -0.1) is 0 Å². The van der Waals surface area contributed by atoms with Crippen molar-refractivity contribution in [3.63, 3.8) is 0 Å². The first-order valence-electron chi connectivity index (χ1n) is 34.7. The second kappa shape index (κ2) is 63.9. The highest BCUT2D eigenvalue weighted by molar-refractivity contribution is 7.47. The first kappa shape index (κ1) is 81.9. The molecule has 0 radical (unpaired) electrons. The molecule has 0 fully saturated rings. The lowest BCUT2D eigenvalue weighted by atomic mass is 10.0. The van der Waals surface area contributed by atoms with Gasteiger partial charge in [-0.05, 0) is 128 Å². The van der Waals surface area contributed by atoms with E-state index < -0.39 is 20.0 Å². The number of carbonyl (C=O) groups excluding carboxylic acids is 2. The molecule has 9 nitrogen and oxygen atoms in total. The lowest BCUT2D eigenvalue weighted by Crippen LogP contribution is -2.47. The van der Waals surface area contributed by atoms with Gasteiger partial charge >= 0.3 is 13.8 Å². The molecule has 0 spiro atoms. The molecular formula is C76H130N2O7P+. The Balaban J connectivity index is 5.17. The molecule has 3 atom stereocenters. The van der Waals surface area contributed by atoms with Crippen molar-refractivity contribution in [1.82, 2.24) is 5.32 Å². The fourth-order valence-electron chi connectivity index (χ4n) is 9.26. The number of carbonyl (C=O) groups is 2. The van der Waals surface area contributed by atoms with Gasteiger partial charge in [-0.25, -0.2) is 4.57 Å². The number of quaternary nitrogens is 1. The number of rotatable bonds is 61. The third-order valence-electron chi connectivity index (χ3n) is 14.5. The van der Waals surface area contributed by atoms with Gasteiger partial charge in [-0.3, -0.25) is 18.6 Å². The molecular weight excluding hydrogens is 1080 g/mol. The van der Waals surface area contributed by atoms with E-state index >= 15 is 0 Å². The highest BCUT2D eigenvalue weighted by Gasteiger charge is 2.30. The minimum atomic E-state index is -4.48. The van der Waals surface area contributed by atoms with Crippen molar-refractivity contribution >= 4 is 19.7 Å². The molecule has 0 aromatic rings. The highest BCUT2D eigenvalue weighted by Crippen LogP contribution is 2.43. The van der Waals surface area contributed by atoms with Crippen LogP contribution in [0, 0.1) is 0 Å².